The average Bonchev–Trinajstić information content (AvgIpc) is 1.74. The molecule has 10 atom stereocenters. The van der Waals surface area contributed by atoms with Crippen molar-refractivity contribution in [3.8, 4) is 56.0 Å². The summed E-state index contributed by atoms with van der Waals surface area (Å²) < 4.78 is 39.7. The van der Waals surface area contributed by atoms with E-state index in [1.165, 1.54) is 11.5 Å². The Bertz CT molecular complexity index is 6970. The SMILES string of the molecule is CC(=O)N1c2ccc(-c3c[nH]c4ccccc34)cc2[C@H](NC(=O)OC(C)C)C[C@@H]1C.CC(=O)N1c2ccc(-c3cc4ccccc4[nH]3)cc2[C@H](NC(=O)OC(C)C)C[C@@H]1C.CC(=O)N1c2ccc(-c3cc4ccccc4o3)cc2[C@H](NC(=O)OC(C)C)C[C@@H]1C.CC(=O)N1c2ccc(-c3cccn(C)c3=O)cc2[C@H](NC(=O)OC(C)C)C[C@@H]1C.CC(=O)N1c2ccc(-c3coc4ccccc34)cc2[C@H](NC(=O)OC(C)C)C[C@@H]1C. The molecule has 778 valence electrons. The molecule has 10 amide bonds. The van der Waals surface area contributed by atoms with Crippen molar-refractivity contribution in [2.75, 3.05) is 24.5 Å². The minimum atomic E-state index is -0.500. The van der Waals surface area contributed by atoms with Gasteiger partial charge < -0.3 is 98.1 Å². The second-order valence-corrected chi connectivity index (χ2v) is 40.1. The number of carbonyl (C=O) groups is 10. The summed E-state index contributed by atoms with van der Waals surface area (Å²) in [7, 11) is 1.70. The summed E-state index contributed by atoms with van der Waals surface area (Å²) >= 11 is 0. The first-order chi connectivity index (χ1) is 71.0. The second kappa shape index (κ2) is 46.2. The summed E-state index contributed by atoms with van der Waals surface area (Å²) in [6.07, 6.45) is 5.11. The van der Waals surface area contributed by atoms with E-state index in [1.54, 1.807) is 91.6 Å². The highest BCUT2D eigenvalue weighted by Crippen LogP contribution is 2.48. The first-order valence-electron chi connectivity index (χ1n) is 50.9. The zero-order chi connectivity index (χ0) is 107. The van der Waals surface area contributed by atoms with Crippen molar-refractivity contribution in [3.05, 3.63) is 269 Å². The standard InChI is InChI=1S/2C24H27N3O3.2C24H26N2O4.C22H27N3O4/c1-14(2)30-24(29)26-22-11-15(3)27(16(4)28)23-10-9-17(12-19(22)23)20-13-25-21-8-6-5-7-18(20)21;1-14(2)30-24(29)26-22-11-15(3)27(16(4)28)23-10-9-18(12-19(22)23)21-13-17-7-5-6-8-20(17)25-21;1-14(2)30-24(28)25-21-11-15(3)26(16(4)27)22-10-9-17(12-19(21)22)20-13-29-23-8-6-5-7-18(20)23;1-14(2)29-24(28)25-20-11-15(3)26(16(4)27)21-10-9-18(12-19(20)21)23-13-17-7-5-6-8-22(17)30-23;1-13(2)29-22(28)23-19-11-14(3)25(15(4)26)20-9-8-16(12-18(19)20)17-7-6-10-24(5)21(17)27/h2*5-10,12-15,22,25H,11H2,1-4H3,(H,26,29);5-10,12-15,21H,11H2,1-4H3,(H,25,28);5-10,12-15,20H,11H2,1-4H3,(H,25,28);6-10,12-14,19H,11H2,1-5H3,(H,23,28)/t2*15-,22+;15-,21+;15-,20+;14-,19+/m00000/s1. The third-order valence-corrected chi connectivity index (χ3v) is 26.9. The van der Waals surface area contributed by atoms with E-state index in [4.69, 9.17) is 32.5 Å². The van der Waals surface area contributed by atoms with Gasteiger partial charge >= 0.3 is 30.5 Å². The summed E-state index contributed by atoms with van der Waals surface area (Å²) in [5.74, 6) is 0.620. The van der Waals surface area contributed by atoms with E-state index in [-0.39, 0.29) is 126 Å². The van der Waals surface area contributed by atoms with Crippen LogP contribution in [0.15, 0.2) is 245 Å². The number of rotatable bonds is 15. The van der Waals surface area contributed by atoms with Crippen LogP contribution in [0.3, 0.4) is 0 Å². The number of aromatic amines is 2. The number of hydrogen-bond donors (Lipinski definition) is 7. The average molecular weight is 2020 g/mol. The Hall–Kier alpha value is -16.2. The maximum absolute atomic E-state index is 12.6. The highest BCUT2D eigenvalue weighted by molar-refractivity contribution is 6.02. The molecule has 19 rings (SSSR count). The maximum Gasteiger partial charge on any atom is 0.407 e. The molecule has 31 heteroatoms. The number of carbonyl (C=O) groups excluding carboxylic acids is 10. The predicted molar refractivity (Wildman–Crippen MR) is 582 cm³/mol. The zero-order valence-corrected chi connectivity index (χ0v) is 88.2. The molecule has 149 heavy (non-hydrogen) atoms. The van der Waals surface area contributed by atoms with Crippen molar-refractivity contribution in [2.24, 2.45) is 7.05 Å². The van der Waals surface area contributed by atoms with Crippen LogP contribution >= 0.6 is 0 Å². The first kappa shape index (κ1) is 107. The van der Waals surface area contributed by atoms with Crippen LogP contribution in [0.1, 0.15) is 229 Å². The van der Waals surface area contributed by atoms with E-state index >= 15 is 0 Å². The number of furan rings is 2. The minimum absolute atomic E-state index is 0.00759. The molecule has 10 heterocycles. The fourth-order valence-electron chi connectivity index (χ4n) is 20.9. The molecule has 0 unspecified atom stereocenters. The van der Waals surface area contributed by atoms with Gasteiger partial charge in [-0.1, -0.05) is 97.1 Å². The molecule has 0 spiro atoms. The molecule has 0 radical (unpaired) electrons. The molecule has 0 bridgehead atoms. The molecule has 5 aromatic heterocycles. The number of aryl methyl sites for hydroxylation is 1. The lowest BCUT2D eigenvalue weighted by Crippen LogP contribution is -2.45. The predicted octanol–water partition coefficient (Wildman–Crippen LogP) is 24.5. The number of H-pyrrole nitrogens is 2. The summed E-state index contributed by atoms with van der Waals surface area (Å²) in [6.45, 7) is 35.9. The number of benzene rings is 9. The summed E-state index contributed by atoms with van der Waals surface area (Å²) in [4.78, 5) is 151. The number of alkyl carbamates (subject to hydrolysis) is 5. The van der Waals surface area contributed by atoms with Crippen molar-refractivity contribution in [3.63, 3.8) is 0 Å². The molecule has 0 saturated heterocycles. The number of fused-ring (bicyclic) bond motifs is 9. The monoisotopic (exact) mass is 2020 g/mol. The Morgan fingerprint density at radius 3 is 1.04 bits per heavy atom. The smallest absolute Gasteiger partial charge is 0.407 e. The summed E-state index contributed by atoms with van der Waals surface area (Å²) in [5, 5.41) is 19.2. The van der Waals surface area contributed by atoms with Gasteiger partial charge in [0.25, 0.3) is 5.56 Å². The molecule has 31 nitrogen and oxygen atoms in total. The van der Waals surface area contributed by atoms with E-state index in [9.17, 15) is 52.7 Å². The summed E-state index contributed by atoms with van der Waals surface area (Å²) in [5.41, 5.74) is 20.4. The second-order valence-electron chi connectivity index (χ2n) is 40.1. The van der Waals surface area contributed by atoms with Gasteiger partial charge in [-0.05, 0) is 301 Å². The molecular formula is C118H133N13O18. The molecule has 0 aliphatic carbocycles. The Kier molecular flexibility index (Phi) is 33.2. The molecule has 0 saturated carbocycles. The van der Waals surface area contributed by atoms with E-state index in [0.717, 1.165) is 150 Å². The number of anilines is 5. The zero-order valence-electron chi connectivity index (χ0n) is 88.2. The molecule has 9 aromatic carbocycles. The number of nitrogens with zero attached hydrogens (tertiary/aromatic N) is 6. The van der Waals surface area contributed by atoms with Gasteiger partial charge in [-0.2, -0.15) is 0 Å². The largest absolute Gasteiger partial charge is 0.464 e. The molecular weight excluding hydrogens is 1890 g/mol. The third kappa shape index (κ3) is 24.5. The van der Waals surface area contributed by atoms with Crippen LogP contribution in [0.2, 0.25) is 0 Å². The van der Waals surface area contributed by atoms with Crippen LogP contribution in [0.5, 0.6) is 0 Å². The minimum Gasteiger partial charge on any atom is -0.464 e. The Balaban J connectivity index is 0.000000139. The summed E-state index contributed by atoms with van der Waals surface area (Å²) in [6, 6.07) is 67.7. The van der Waals surface area contributed by atoms with Gasteiger partial charge in [-0.3, -0.25) is 28.8 Å². The van der Waals surface area contributed by atoms with Gasteiger partial charge in [0.2, 0.25) is 29.5 Å². The van der Waals surface area contributed by atoms with Crippen molar-refractivity contribution >= 4 is 132 Å². The number of para-hydroxylation sites is 4. The fourth-order valence-corrected chi connectivity index (χ4v) is 20.9. The van der Waals surface area contributed by atoms with Crippen molar-refractivity contribution in [2.45, 2.75) is 262 Å². The van der Waals surface area contributed by atoms with Gasteiger partial charge in [0.15, 0.2) is 0 Å². The van der Waals surface area contributed by atoms with Gasteiger partial charge in [0.05, 0.1) is 67.0 Å². The van der Waals surface area contributed by atoms with E-state index in [0.29, 0.717) is 37.7 Å². The van der Waals surface area contributed by atoms with Crippen LogP contribution in [0.4, 0.5) is 52.4 Å². The van der Waals surface area contributed by atoms with Crippen LogP contribution in [0.25, 0.3) is 99.7 Å². The maximum atomic E-state index is 12.6. The van der Waals surface area contributed by atoms with Crippen molar-refractivity contribution in [1.82, 2.24) is 41.1 Å². The van der Waals surface area contributed by atoms with Gasteiger partial charge in [-0.25, -0.2) is 24.0 Å². The number of amides is 10. The van der Waals surface area contributed by atoms with Gasteiger partial charge in [0.1, 0.15) is 16.9 Å². The van der Waals surface area contributed by atoms with Crippen LogP contribution < -0.4 is 56.6 Å². The lowest BCUT2D eigenvalue weighted by Gasteiger charge is -2.39. The van der Waals surface area contributed by atoms with E-state index in [1.807, 2.05) is 272 Å². The normalized spacial score (nSPS) is 18.4. The first-order valence-corrected chi connectivity index (χ1v) is 50.9. The fraction of sp³-hybridized carbons (Fsp3) is 0.347. The third-order valence-electron chi connectivity index (χ3n) is 26.9. The van der Waals surface area contributed by atoms with Gasteiger partial charge in [0, 0.05) is 173 Å². The number of aromatic nitrogens is 3. The molecule has 0 fully saturated rings. The molecule has 5 aliphatic heterocycles. The van der Waals surface area contributed by atoms with Crippen LogP contribution in [-0.4, -0.2) is 135 Å². The van der Waals surface area contributed by atoms with Crippen molar-refractivity contribution < 1.29 is 80.5 Å². The molecule has 14 aromatic rings. The highest BCUT2D eigenvalue weighted by atomic mass is 16.6. The van der Waals surface area contributed by atoms with E-state index < -0.39 is 30.5 Å². The quantitative estimate of drug-likeness (QED) is 0.0469. The topological polar surface area (TPSA) is 373 Å². The lowest BCUT2D eigenvalue weighted by atomic mass is 9.89. The Morgan fingerprint density at radius 1 is 0.336 bits per heavy atom. The van der Waals surface area contributed by atoms with Gasteiger partial charge in [-0.15, -0.1) is 0 Å². The Morgan fingerprint density at radius 2 is 0.658 bits per heavy atom. The number of pyridine rings is 1. The Labute approximate surface area is 867 Å². The lowest BCUT2D eigenvalue weighted by molar-refractivity contribution is -0.118. The van der Waals surface area contributed by atoms with Crippen molar-refractivity contribution in [1.29, 1.82) is 0 Å². The highest BCUT2D eigenvalue weighted by Gasteiger charge is 2.41. The number of nitrogens with one attached hydrogen (secondary N) is 7. The van der Waals surface area contributed by atoms with Crippen LogP contribution in [-0.2, 0) is 54.7 Å². The number of ether oxygens (including phenoxy) is 5. The molecule has 7 N–H and O–H groups in total. The molecule has 5 aliphatic rings. The van der Waals surface area contributed by atoms with E-state index in [2.05, 4.69) is 66.9 Å². The van der Waals surface area contributed by atoms with Crippen LogP contribution in [0, 0.1) is 0 Å². The number of hydrogen-bond acceptors (Lipinski definition) is 18.